The van der Waals surface area contributed by atoms with Crippen LogP contribution in [0.25, 0.3) is 11.3 Å². The van der Waals surface area contributed by atoms with Crippen LogP contribution in [0.5, 0.6) is 0 Å². The summed E-state index contributed by atoms with van der Waals surface area (Å²) in [6, 6.07) is 9.00. The fraction of sp³-hybridized carbons (Fsp3) is 0.353. The molecule has 124 valence electrons. The van der Waals surface area contributed by atoms with Crippen molar-refractivity contribution in [2.75, 3.05) is 23.3 Å². The lowest BCUT2D eigenvalue weighted by molar-refractivity contribution is 0.0299. The molecule has 0 aliphatic carbocycles. The van der Waals surface area contributed by atoms with Crippen LogP contribution in [0.4, 0.5) is 16.4 Å². The Bertz CT molecular complexity index is 738. The summed E-state index contributed by atoms with van der Waals surface area (Å²) in [5.74, 6) is 0.723. The number of nitrogens with zero attached hydrogens (tertiary/aromatic N) is 3. The number of benzene rings is 1. The fourth-order valence-electron chi connectivity index (χ4n) is 3.29. The molecule has 2 fully saturated rings. The highest BCUT2D eigenvalue weighted by Gasteiger charge is 2.34. The fourth-order valence-corrected chi connectivity index (χ4v) is 3.29. The van der Waals surface area contributed by atoms with Crippen molar-refractivity contribution in [3.63, 3.8) is 0 Å². The Morgan fingerprint density at radius 1 is 1.17 bits per heavy atom. The summed E-state index contributed by atoms with van der Waals surface area (Å²) in [4.78, 5) is 21.9. The third-order valence-electron chi connectivity index (χ3n) is 4.40. The van der Waals surface area contributed by atoms with Crippen LogP contribution in [0, 0.1) is 0 Å². The second kappa shape index (κ2) is 6.09. The molecule has 1 amide bonds. The highest BCUT2D eigenvalue weighted by molar-refractivity contribution is 5.83. The maximum Gasteiger partial charge on any atom is 0.409 e. The van der Waals surface area contributed by atoms with Crippen molar-refractivity contribution in [3.05, 3.63) is 36.5 Å². The third-order valence-corrected chi connectivity index (χ3v) is 4.40. The van der Waals surface area contributed by atoms with Gasteiger partial charge in [0.15, 0.2) is 0 Å². The highest BCUT2D eigenvalue weighted by atomic mass is 16.5. The van der Waals surface area contributed by atoms with Gasteiger partial charge in [0.1, 0.15) is 0 Å². The molecule has 24 heavy (non-hydrogen) atoms. The van der Waals surface area contributed by atoms with E-state index < -0.39 is 6.09 Å². The summed E-state index contributed by atoms with van der Waals surface area (Å²) in [6.07, 6.45) is 3.49. The second-order valence-electron chi connectivity index (χ2n) is 6.11. The van der Waals surface area contributed by atoms with E-state index in [1.807, 2.05) is 18.2 Å². The van der Waals surface area contributed by atoms with Crippen LogP contribution in [0.1, 0.15) is 12.8 Å². The normalized spacial score (nSPS) is 22.4. The second-order valence-corrected chi connectivity index (χ2v) is 6.11. The van der Waals surface area contributed by atoms with Gasteiger partial charge in [-0.1, -0.05) is 12.1 Å². The summed E-state index contributed by atoms with van der Waals surface area (Å²) < 4.78 is 5.86. The molecule has 2 unspecified atom stereocenters. The first-order valence-electron chi connectivity index (χ1n) is 8.01. The number of fused-ring (bicyclic) bond motifs is 2. The molecule has 2 N–H and O–H groups in total. The number of anilines is 2. The van der Waals surface area contributed by atoms with Crippen molar-refractivity contribution in [3.8, 4) is 11.3 Å². The lowest BCUT2D eigenvalue weighted by atomic mass is 10.1. The molecule has 2 saturated heterocycles. The highest BCUT2D eigenvalue weighted by Crippen LogP contribution is 2.29. The van der Waals surface area contributed by atoms with Crippen LogP contribution < -0.4 is 10.2 Å². The van der Waals surface area contributed by atoms with E-state index in [1.54, 1.807) is 18.3 Å². The van der Waals surface area contributed by atoms with E-state index >= 15 is 0 Å². The minimum absolute atomic E-state index is 0.289. The van der Waals surface area contributed by atoms with Crippen molar-refractivity contribution in [1.29, 1.82) is 0 Å². The molecular weight excluding hydrogens is 308 g/mol. The molecule has 1 aromatic heterocycles. The SMILES string of the molecule is O=C(O)Nc1ccc(-c2ccnc(N3CC4CCC(C3)O4)n2)cc1. The molecule has 4 rings (SSSR count). The van der Waals surface area contributed by atoms with E-state index in [0.29, 0.717) is 5.69 Å². The van der Waals surface area contributed by atoms with Crippen LogP contribution in [0.2, 0.25) is 0 Å². The van der Waals surface area contributed by atoms with E-state index in [-0.39, 0.29) is 12.2 Å². The van der Waals surface area contributed by atoms with Gasteiger partial charge in [-0.25, -0.2) is 14.8 Å². The molecule has 1 aromatic carbocycles. The number of amides is 1. The minimum atomic E-state index is -1.07. The van der Waals surface area contributed by atoms with Gasteiger partial charge in [0, 0.05) is 30.5 Å². The molecule has 3 heterocycles. The molecule has 2 aromatic rings. The number of ether oxygens (including phenoxy) is 1. The number of nitrogens with one attached hydrogen (secondary N) is 1. The maximum absolute atomic E-state index is 10.7. The van der Waals surface area contributed by atoms with Gasteiger partial charge in [-0.15, -0.1) is 0 Å². The van der Waals surface area contributed by atoms with E-state index in [1.165, 1.54) is 0 Å². The molecule has 2 aliphatic heterocycles. The predicted octanol–water partition coefficient (Wildman–Crippen LogP) is 2.60. The Balaban J connectivity index is 1.55. The standard InChI is InChI=1S/C17H18N4O3/c22-17(23)19-12-3-1-11(2-4-12)15-7-8-18-16(20-15)21-9-13-5-6-14(10-21)24-13/h1-4,7-8,13-14,19H,5-6,9-10H2,(H,22,23). The first kappa shape index (κ1) is 14.9. The minimum Gasteiger partial charge on any atom is -0.465 e. The maximum atomic E-state index is 10.7. The van der Waals surface area contributed by atoms with E-state index in [0.717, 1.165) is 43.1 Å². The molecule has 0 radical (unpaired) electrons. The molecule has 0 spiro atoms. The first-order valence-corrected chi connectivity index (χ1v) is 8.01. The number of morpholine rings is 1. The molecule has 2 aliphatic rings. The van der Waals surface area contributed by atoms with Gasteiger partial charge in [-0.3, -0.25) is 5.32 Å². The third kappa shape index (κ3) is 3.03. The quantitative estimate of drug-likeness (QED) is 0.901. The number of aromatic nitrogens is 2. The lowest BCUT2D eigenvalue weighted by Gasteiger charge is -2.32. The summed E-state index contributed by atoms with van der Waals surface area (Å²) in [5, 5.41) is 11.1. The lowest BCUT2D eigenvalue weighted by Crippen LogP contribution is -2.43. The summed E-state index contributed by atoms with van der Waals surface area (Å²) >= 11 is 0. The van der Waals surface area contributed by atoms with Crippen molar-refractivity contribution in [2.24, 2.45) is 0 Å². The Morgan fingerprint density at radius 2 is 1.88 bits per heavy atom. The van der Waals surface area contributed by atoms with Gasteiger partial charge in [0.2, 0.25) is 5.95 Å². The molecular formula is C17H18N4O3. The van der Waals surface area contributed by atoms with Gasteiger partial charge in [0.25, 0.3) is 0 Å². The van der Waals surface area contributed by atoms with Crippen LogP contribution >= 0.6 is 0 Å². The number of hydrogen-bond donors (Lipinski definition) is 2. The molecule has 2 bridgehead atoms. The van der Waals surface area contributed by atoms with Crippen molar-refractivity contribution >= 4 is 17.7 Å². The number of carbonyl (C=O) groups is 1. The van der Waals surface area contributed by atoms with E-state index in [2.05, 4.69) is 20.2 Å². The molecule has 2 atom stereocenters. The van der Waals surface area contributed by atoms with Crippen LogP contribution in [-0.4, -0.2) is 46.5 Å². The Hall–Kier alpha value is -2.67. The predicted molar refractivity (Wildman–Crippen MR) is 89.2 cm³/mol. The van der Waals surface area contributed by atoms with Crippen molar-refractivity contribution in [1.82, 2.24) is 9.97 Å². The van der Waals surface area contributed by atoms with Gasteiger partial charge < -0.3 is 14.7 Å². The van der Waals surface area contributed by atoms with Crippen LogP contribution in [-0.2, 0) is 4.74 Å². The largest absolute Gasteiger partial charge is 0.465 e. The average molecular weight is 326 g/mol. The van der Waals surface area contributed by atoms with Gasteiger partial charge in [-0.05, 0) is 31.0 Å². The summed E-state index contributed by atoms with van der Waals surface area (Å²) in [6.45, 7) is 1.67. The van der Waals surface area contributed by atoms with Crippen molar-refractivity contribution < 1.29 is 14.6 Å². The smallest absolute Gasteiger partial charge is 0.409 e. The zero-order valence-electron chi connectivity index (χ0n) is 13.1. The van der Waals surface area contributed by atoms with E-state index in [9.17, 15) is 4.79 Å². The van der Waals surface area contributed by atoms with Gasteiger partial charge >= 0.3 is 6.09 Å². The monoisotopic (exact) mass is 326 g/mol. The number of hydrogen-bond acceptors (Lipinski definition) is 5. The Kier molecular flexibility index (Phi) is 3.78. The Labute approximate surface area is 139 Å². The van der Waals surface area contributed by atoms with Crippen molar-refractivity contribution in [2.45, 2.75) is 25.0 Å². The summed E-state index contributed by atoms with van der Waals surface area (Å²) in [5.41, 5.74) is 2.27. The van der Waals surface area contributed by atoms with Crippen LogP contribution in [0.15, 0.2) is 36.5 Å². The zero-order valence-corrected chi connectivity index (χ0v) is 13.1. The average Bonchev–Trinajstić information content (AvgIpc) is 2.93. The molecule has 7 nitrogen and oxygen atoms in total. The van der Waals surface area contributed by atoms with Crippen LogP contribution in [0.3, 0.4) is 0 Å². The Morgan fingerprint density at radius 3 is 2.54 bits per heavy atom. The molecule has 0 saturated carbocycles. The number of carboxylic acid groups (broad SMARTS) is 1. The summed E-state index contributed by atoms with van der Waals surface area (Å²) in [7, 11) is 0. The number of rotatable bonds is 3. The van der Waals surface area contributed by atoms with E-state index in [4.69, 9.17) is 9.84 Å². The zero-order chi connectivity index (χ0) is 16.5. The molecule has 7 heteroatoms. The topological polar surface area (TPSA) is 87.6 Å². The van der Waals surface area contributed by atoms with Gasteiger partial charge in [0.05, 0.1) is 17.9 Å². The van der Waals surface area contributed by atoms with Gasteiger partial charge in [-0.2, -0.15) is 0 Å². The first-order chi connectivity index (χ1) is 11.7.